The molecule has 0 spiro atoms. The van der Waals surface area contributed by atoms with Crippen LogP contribution in [-0.2, 0) is 0 Å². The van der Waals surface area contributed by atoms with Crippen molar-refractivity contribution < 1.29 is 14.3 Å². The minimum absolute atomic E-state index is 0.185. The summed E-state index contributed by atoms with van der Waals surface area (Å²) in [6, 6.07) is 7.61. The molecule has 0 saturated carbocycles. The molecule has 0 fully saturated rings. The van der Waals surface area contributed by atoms with Crippen molar-refractivity contribution in [3.05, 3.63) is 35.6 Å². The van der Waals surface area contributed by atoms with Gasteiger partial charge >= 0.3 is 0 Å². The summed E-state index contributed by atoms with van der Waals surface area (Å²) in [7, 11) is 0. The molecule has 0 aliphatic heterocycles. The lowest BCUT2D eigenvalue weighted by Crippen LogP contribution is -2.24. The van der Waals surface area contributed by atoms with E-state index in [1.165, 1.54) is 0 Å². The molecule has 0 bridgehead atoms. The highest BCUT2D eigenvalue weighted by molar-refractivity contribution is 5.96. The van der Waals surface area contributed by atoms with Crippen LogP contribution in [0, 0.1) is 12.8 Å². The summed E-state index contributed by atoms with van der Waals surface area (Å²) >= 11 is 0. The molecule has 2 N–H and O–H groups in total. The standard InChI is InChI=1S/C16H21NO3/c1-11-5-6-14-13(8-11)9-15(20-14)16(19)17-7-3-4-12(2)10-18/h5-6,8-9,12,18H,3-4,7,10H2,1-2H3,(H,17,19). The van der Waals surface area contributed by atoms with Gasteiger partial charge in [0.1, 0.15) is 5.58 Å². The quantitative estimate of drug-likeness (QED) is 0.797. The number of carbonyl (C=O) groups is 1. The van der Waals surface area contributed by atoms with E-state index in [-0.39, 0.29) is 18.4 Å². The van der Waals surface area contributed by atoms with Crippen molar-refractivity contribution in [2.75, 3.05) is 13.2 Å². The van der Waals surface area contributed by atoms with Crippen LogP contribution in [0.2, 0.25) is 0 Å². The van der Waals surface area contributed by atoms with E-state index in [2.05, 4.69) is 5.32 Å². The number of amides is 1. The number of carbonyl (C=O) groups excluding carboxylic acids is 1. The van der Waals surface area contributed by atoms with Crippen LogP contribution < -0.4 is 5.32 Å². The van der Waals surface area contributed by atoms with Crippen LogP contribution in [0.4, 0.5) is 0 Å². The zero-order valence-electron chi connectivity index (χ0n) is 12.0. The molecule has 20 heavy (non-hydrogen) atoms. The molecular weight excluding hydrogens is 254 g/mol. The molecule has 0 saturated heterocycles. The maximum Gasteiger partial charge on any atom is 0.287 e. The third-order valence-corrected chi connectivity index (χ3v) is 3.37. The summed E-state index contributed by atoms with van der Waals surface area (Å²) in [5.41, 5.74) is 1.87. The number of benzene rings is 1. The molecule has 4 nitrogen and oxygen atoms in total. The van der Waals surface area contributed by atoms with Crippen LogP contribution in [0.15, 0.2) is 28.7 Å². The van der Waals surface area contributed by atoms with Crippen LogP contribution in [-0.4, -0.2) is 24.2 Å². The minimum atomic E-state index is -0.185. The number of aryl methyl sites for hydroxylation is 1. The average molecular weight is 275 g/mol. The van der Waals surface area contributed by atoms with Gasteiger partial charge in [0.15, 0.2) is 5.76 Å². The number of rotatable bonds is 6. The Morgan fingerprint density at radius 3 is 2.95 bits per heavy atom. The van der Waals surface area contributed by atoms with Crippen LogP contribution in [0.1, 0.15) is 35.9 Å². The number of aliphatic hydroxyl groups excluding tert-OH is 1. The zero-order chi connectivity index (χ0) is 14.5. The van der Waals surface area contributed by atoms with Gasteiger partial charge in [-0.2, -0.15) is 0 Å². The Balaban J connectivity index is 1.91. The lowest BCUT2D eigenvalue weighted by Gasteiger charge is -2.07. The summed E-state index contributed by atoms with van der Waals surface area (Å²) in [6.45, 7) is 4.79. The van der Waals surface area contributed by atoms with E-state index in [4.69, 9.17) is 9.52 Å². The van der Waals surface area contributed by atoms with Crippen molar-refractivity contribution in [3.8, 4) is 0 Å². The Hall–Kier alpha value is -1.81. The molecule has 1 heterocycles. The molecule has 1 unspecified atom stereocenters. The fraction of sp³-hybridized carbons (Fsp3) is 0.438. The molecule has 1 amide bonds. The second-order valence-electron chi connectivity index (χ2n) is 5.34. The molecular formula is C16H21NO3. The predicted octanol–water partition coefficient (Wildman–Crippen LogP) is 2.88. The van der Waals surface area contributed by atoms with E-state index in [1.807, 2.05) is 32.0 Å². The maximum absolute atomic E-state index is 12.0. The number of furan rings is 1. The third kappa shape index (κ3) is 3.61. The van der Waals surface area contributed by atoms with Gasteiger partial charge in [-0.3, -0.25) is 4.79 Å². The van der Waals surface area contributed by atoms with Crippen molar-refractivity contribution in [2.45, 2.75) is 26.7 Å². The minimum Gasteiger partial charge on any atom is -0.451 e. The molecule has 0 aliphatic carbocycles. The first-order valence-corrected chi connectivity index (χ1v) is 6.99. The SMILES string of the molecule is Cc1ccc2oc(C(=O)NCCCC(C)CO)cc2c1. The summed E-state index contributed by atoms with van der Waals surface area (Å²) in [4.78, 5) is 12.0. The molecule has 4 heteroatoms. The van der Waals surface area contributed by atoms with Gasteiger partial charge in [0, 0.05) is 18.5 Å². The Bertz CT molecular complexity index is 588. The fourth-order valence-electron chi connectivity index (χ4n) is 2.11. The van der Waals surface area contributed by atoms with Gasteiger partial charge in [-0.05, 0) is 43.9 Å². The van der Waals surface area contributed by atoms with Gasteiger partial charge in [-0.1, -0.05) is 18.6 Å². The van der Waals surface area contributed by atoms with Crippen LogP contribution in [0.25, 0.3) is 11.0 Å². The lowest BCUT2D eigenvalue weighted by molar-refractivity contribution is 0.0926. The monoisotopic (exact) mass is 275 g/mol. The fourth-order valence-corrected chi connectivity index (χ4v) is 2.11. The average Bonchev–Trinajstić information content (AvgIpc) is 2.86. The van der Waals surface area contributed by atoms with Gasteiger partial charge in [0.25, 0.3) is 5.91 Å². The maximum atomic E-state index is 12.0. The molecule has 1 atom stereocenters. The van der Waals surface area contributed by atoms with Crippen LogP contribution in [0.5, 0.6) is 0 Å². The summed E-state index contributed by atoms with van der Waals surface area (Å²) in [5, 5.41) is 12.7. The van der Waals surface area contributed by atoms with Crippen molar-refractivity contribution in [3.63, 3.8) is 0 Å². The Kier molecular flexibility index (Phi) is 4.79. The second-order valence-corrected chi connectivity index (χ2v) is 5.34. The summed E-state index contributed by atoms with van der Waals surface area (Å²) in [6.07, 6.45) is 1.75. The Morgan fingerprint density at radius 2 is 2.20 bits per heavy atom. The molecule has 0 aliphatic rings. The highest BCUT2D eigenvalue weighted by Crippen LogP contribution is 2.20. The predicted molar refractivity (Wildman–Crippen MR) is 78.8 cm³/mol. The molecule has 2 aromatic rings. The first-order chi connectivity index (χ1) is 9.60. The molecule has 108 valence electrons. The number of aliphatic hydroxyl groups is 1. The topological polar surface area (TPSA) is 62.5 Å². The van der Waals surface area contributed by atoms with Crippen LogP contribution >= 0.6 is 0 Å². The Labute approximate surface area is 118 Å². The summed E-state index contributed by atoms with van der Waals surface area (Å²) in [5.74, 6) is 0.442. The van der Waals surface area contributed by atoms with Gasteiger partial charge in [0.2, 0.25) is 0 Å². The van der Waals surface area contributed by atoms with Gasteiger partial charge in [0.05, 0.1) is 0 Å². The van der Waals surface area contributed by atoms with E-state index < -0.39 is 0 Å². The molecule has 2 rings (SSSR count). The largest absolute Gasteiger partial charge is 0.451 e. The van der Waals surface area contributed by atoms with E-state index in [1.54, 1.807) is 6.07 Å². The number of fused-ring (bicyclic) bond motifs is 1. The van der Waals surface area contributed by atoms with Gasteiger partial charge in [-0.15, -0.1) is 0 Å². The molecule has 1 aromatic carbocycles. The first kappa shape index (κ1) is 14.6. The smallest absolute Gasteiger partial charge is 0.287 e. The Morgan fingerprint density at radius 1 is 1.40 bits per heavy atom. The van der Waals surface area contributed by atoms with Gasteiger partial charge < -0.3 is 14.8 Å². The van der Waals surface area contributed by atoms with Crippen molar-refractivity contribution >= 4 is 16.9 Å². The zero-order valence-corrected chi connectivity index (χ0v) is 12.0. The first-order valence-electron chi connectivity index (χ1n) is 6.99. The third-order valence-electron chi connectivity index (χ3n) is 3.37. The molecule has 1 aromatic heterocycles. The van der Waals surface area contributed by atoms with Crippen LogP contribution in [0.3, 0.4) is 0 Å². The lowest BCUT2D eigenvalue weighted by atomic mass is 10.1. The number of hydrogen-bond donors (Lipinski definition) is 2. The van der Waals surface area contributed by atoms with Gasteiger partial charge in [-0.25, -0.2) is 0 Å². The van der Waals surface area contributed by atoms with Crippen molar-refractivity contribution in [1.82, 2.24) is 5.32 Å². The normalized spacial score (nSPS) is 12.6. The highest BCUT2D eigenvalue weighted by atomic mass is 16.3. The van der Waals surface area contributed by atoms with Crippen molar-refractivity contribution in [2.24, 2.45) is 5.92 Å². The highest BCUT2D eigenvalue weighted by Gasteiger charge is 2.11. The second kappa shape index (κ2) is 6.57. The van der Waals surface area contributed by atoms with E-state index in [0.717, 1.165) is 29.4 Å². The number of nitrogens with one attached hydrogen (secondary N) is 1. The van der Waals surface area contributed by atoms with Crippen molar-refractivity contribution in [1.29, 1.82) is 0 Å². The molecule has 0 radical (unpaired) electrons. The summed E-state index contributed by atoms with van der Waals surface area (Å²) < 4.78 is 5.53. The van der Waals surface area contributed by atoms with E-state index in [0.29, 0.717) is 12.3 Å². The van der Waals surface area contributed by atoms with E-state index in [9.17, 15) is 4.79 Å². The van der Waals surface area contributed by atoms with E-state index >= 15 is 0 Å². The number of hydrogen-bond acceptors (Lipinski definition) is 3.